The van der Waals surface area contributed by atoms with E-state index >= 15 is 0 Å². The van der Waals surface area contributed by atoms with E-state index in [0.29, 0.717) is 29.2 Å². The van der Waals surface area contributed by atoms with E-state index in [2.05, 4.69) is 15.6 Å². The van der Waals surface area contributed by atoms with Crippen LogP contribution >= 0.6 is 0 Å². The predicted molar refractivity (Wildman–Crippen MR) is 144 cm³/mol. The molecule has 0 atom stereocenters. The first-order valence-corrected chi connectivity index (χ1v) is 11.8. The second-order valence-corrected chi connectivity index (χ2v) is 8.59. The van der Waals surface area contributed by atoms with Crippen molar-refractivity contribution in [3.8, 4) is 0 Å². The van der Waals surface area contributed by atoms with Crippen molar-refractivity contribution in [2.45, 2.75) is 6.92 Å². The molecule has 0 saturated heterocycles. The Bertz CT molecular complexity index is 1350. The molecule has 1 aliphatic rings. The lowest BCUT2D eigenvalue weighted by Crippen LogP contribution is -2.36. The molecular weight excluding hydrogens is 470 g/mol. The maximum atomic E-state index is 13.1. The van der Waals surface area contributed by atoms with Gasteiger partial charge in [-0.3, -0.25) is 9.59 Å². The second-order valence-electron chi connectivity index (χ2n) is 8.59. The number of anilines is 3. The Morgan fingerprint density at radius 3 is 2.35 bits per heavy atom. The largest absolute Gasteiger partial charge is 0.464 e. The fourth-order valence-electron chi connectivity index (χ4n) is 3.93. The Labute approximate surface area is 215 Å². The van der Waals surface area contributed by atoms with Gasteiger partial charge in [-0.1, -0.05) is 30.3 Å². The smallest absolute Gasteiger partial charge is 0.356 e. The van der Waals surface area contributed by atoms with Crippen molar-refractivity contribution in [3.63, 3.8) is 0 Å². The molecule has 2 N–H and O–H groups in total. The molecule has 9 nitrogen and oxygen atoms in total. The van der Waals surface area contributed by atoms with Gasteiger partial charge in [0.2, 0.25) is 5.91 Å². The Hall–Kier alpha value is -4.66. The minimum absolute atomic E-state index is 0.0400. The van der Waals surface area contributed by atoms with Crippen molar-refractivity contribution in [2.75, 3.05) is 49.8 Å². The second kappa shape index (κ2) is 10.9. The van der Waals surface area contributed by atoms with Crippen LogP contribution in [0.25, 0.3) is 11.3 Å². The van der Waals surface area contributed by atoms with E-state index in [1.54, 1.807) is 18.0 Å². The van der Waals surface area contributed by atoms with Crippen LogP contribution in [0.2, 0.25) is 0 Å². The monoisotopic (exact) mass is 499 g/mol. The molecule has 2 heterocycles. The lowest BCUT2D eigenvalue weighted by Gasteiger charge is -2.23. The fraction of sp³-hybridized carbons (Fsp3) is 0.214. The summed E-state index contributed by atoms with van der Waals surface area (Å²) in [6.07, 6.45) is 0. The number of carbonyl (C=O) groups is 3. The van der Waals surface area contributed by atoms with Crippen molar-refractivity contribution in [3.05, 3.63) is 83.6 Å². The molecule has 4 rings (SSSR count). The molecule has 2 aromatic carbocycles. The van der Waals surface area contributed by atoms with Gasteiger partial charge in [-0.2, -0.15) is 0 Å². The van der Waals surface area contributed by atoms with Gasteiger partial charge in [0, 0.05) is 37.6 Å². The van der Waals surface area contributed by atoms with Crippen molar-refractivity contribution >= 4 is 46.2 Å². The van der Waals surface area contributed by atoms with Crippen molar-refractivity contribution in [1.29, 1.82) is 0 Å². The zero-order valence-corrected chi connectivity index (χ0v) is 21.2. The Morgan fingerprint density at radius 1 is 1.00 bits per heavy atom. The molecule has 37 heavy (non-hydrogen) atoms. The molecule has 9 heteroatoms. The van der Waals surface area contributed by atoms with Crippen LogP contribution < -0.4 is 15.5 Å². The summed E-state index contributed by atoms with van der Waals surface area (Å²) in [5, 5.41) is 6.16. The van der Waals surface area contributed by atoms with Gasteiger partial charge in [-0.15, -0.1) is 0 Å². The normalized spacial score (nSPS) is 13.4. The van der Waals surface area contributed by atoms with Gasteiger partial charge in [-0.05, 0) is 48.9 Å². The van der Waals surface area contributed by atoms with Crippen LogP contribution in [0, 0.1) is 0 Å². The van der Waals surface area contributed by atoms with Crippen LogP contribution in [0.1, 0.15) is 28.5 Å². The first kappa shape index (κ1) is 25.4. The summed E-state index contributed by atoms with van der Waals surface area (Å²) in [6.45, 7) is 2.87. The van der Waals surface area contributed by atoms with Gasteiger partial charge in [0.25, 0.3) is 5.91 Å². The number of nitrogens with zero attached hydrogens (tertiary/aromatic N) is 3. The van der Waals surface area contributed by atoms with Crippen LogP contribution in [-0.4, -0.2) is 62.0 Å². The van der Waals surface area contributed by atoms with Crippen LogP contribution in [-0.2, 0) is 14.3 Å². The molecule has 1 aromatic heterocycles. The minimum Gasteiger partial charge on any atom is -0.464 e. The molecule has 1 aliphatic heterocycles. The number of pyridine rings is 1. The molecular formula is C28H29N5O4. The zero-order chi connectivity index (χ0) is 26.5. The van der Waals surface area contributed by atoms with E-state index in [4.69, 9.17) is 4.74 Å². The molecule has 0 fully saturated rings. The number of hydrogen-bond donors (Lipinski definition) is 2. The average molecular weight is 500 g/mol. The zero-order valence-electron chi connectivity index (χ0n) is 21.2. The molecule has 190 valence electrons. The van der Waals surface area contributed by atoms with Gasteiger partial charge in [0.15, 0.2) is 5.69 Å². The number of hydrogen-bond acceptors (Lipinski definition) is 7. The highest BCUT2D eigenvalue weighted by Gasteiger charge is 2.30. The number of benzene rings is 2. The van der Waals surface area contributed by atoms with Crippen LogP contribution in [0.3, 0.4) is 0 Å². The fourth-order valence-corrected chi connectivity index (χ4v) is 3.93. The van der Waals surface area contributed by atoms with E-state index in [1.165, 1.54) is 13.2 Å². The number of rotatable bonds is 8. The van der Waals surface area contributed by atoms with Gasteiger partial charge in [-0.25, -0.2) is 9.78 Å². The van der Waals surface area contributed by atoms with E-state index in [1.807, 2.05) is 73.5 Å². The average Bonchev–Trinajstić information content (AvgIpc) is 3.25. The van der Waals surface area contributed by atoms with E-state index in [-0.39, 0.29) is 24.1 Å². The molecule has 0 bridgehead atoms. The number of fused-ring (bicyclic) bond motifs is 1. The van der Waals surface area contributed by atoms with Crippen LogP contribution in [0.5, 0.6) is 0 Å². The minimum atomic E-state index is -0.580. The van der Waals surface area contributed by atoms with Gasteiger partial charge in [0.1, 0.15) is 5.82 Å². The molecule has 3 aromatic rings. The van der Waals surface area contributed by atoms with Gasteiger partial charge in [0.05, 0.1) is 24.9 Å². The molecule has 0 radical (unpaired) electrons. The first-order chi connectivity index (χ1) is 17.8. The quantitative estimate of drug-likeness (QED) is 0.360. The summed E-state index contributed by atoms with van der Waals surface area (Å²) in [4.78, 5) is 45.1. The van der Waals surface area contributed by atoms with Gasteiger partial charge >= 0.3 is 5.97 Å². The highest BCUT2D eigenvalue weighted by Crippen LogP contribution is 2.37. The number of carbonyl (C=O) groups excluding carboxylic acids is 3. The highest BCUT2D eigenvalue weighted by molar-refractivity contribution is 6.37. The third-order valence-corrected chi connectivity index (χ3v) is 6.18. The summed E-state index contributed by atoms with van der Waals surface area (Å²) >= 11 is 0. The molecule has 0 aliphatic carbocycles. The topological polar surface area (TPSA) is 104 Å². The Balaban J connectivity index is 1.67. The highest BCUT2D eigenvalue weighted by atomic mass is 16.5. The molecule has 0 spiro atoms. The summed E-state index contributed by atoms with van der Waals surface area (Å²) in [5.41, 5.74) is 4.18. The first-order valence-electron chi connectivity index (χ1n) is 11.8. The number of methoxy groups -OCH3 is 1. The number of nitrogens with one attached hydrogen (secondary N) is 2. The number of amides is 2. The van der Waals surface area contributed by atoms with Crippen LogP contribution in [0.4, 0.5) is 17.2 Å². The van der Waals surface area contributed by atoms with Gasteiger partial charge < -0.3 is 25.2 Å². The Morgan fingerprint density at radius 2 is 1.70 bits per heavy atom. The number of likely N-dealkylation sites (N-methyl/N-ethyl adjacent to an activating group) is 2. The number of esters is 1. The summed E-state index contributed by atoms with van der Waals surface area (Å²) in [5.74, 6) is -0.565. The predicted octanol–water partition coefficient (Wildman–Crippen LogP) is 3.72. The molecule has 2 amide bonds. The SMILES string of the molecule is CCN(C)C(=O)CN(C)c1ccc(N/C(=C2\C(=O)Nc3nc(C(=O)OC)ccc32)c2ccccc2)cc1. The maximum Gasteiger partial charge on any atom is 0.356 e. The lowest BCUT2D eigenvalue weighted by atomic mass is 10.0. The number of ether oxygens (including phenoxy) is 1. The number of aromatic nitrogens is 1. The van der Waals surface area contributed by atoms with Crippen LogP contribution in [0.15, 0.2) is 66.7 Å². The summed E-state index contributed by atoms with van der Waals surface area (Å²) in [6, 6.07) is 20.4. The standard InChI is InChI=1S/C28H29N5O4/c1-5-32(2)23(34)17-33(3)20-13-11-19(12-14-20)29-25(18-9-7-6-8-10-18)24-21-15-16-22(28(36)37-4)30-26(21)31-27(24)35/h6-16,29H,5,17H2,1-4H3,(H,30,31,35)/b25-24-. The van der Waals surface area contributed by atoms with Crippen molar-refractivity contribution < 1.29 is 19.1 Å². The van der Waals surface area contributed by atoms with Crippen molar-refractivity contribution in [2.24, 2.45) is 0 Å². The van der Waals surface area contributed by atoms with E-state index < -0.39 is 5.97 Å². The third-order valence-electron chi connectivity index (χ3n) is 6.18. The van der Waals surface area contributed by atoms with E-state index in [9.17, 15) is 14.4 Å². The summed E-state index contributed by atoms with van der Waals surface area (Å²) in [7, 11) is 4.94. The van der Waals surface area contributed by atoms with Crippen molar-refractivity contribution in [1.82, 2.24) is 9.88 Å². The third kappa shape index (κ3) is 5.45. The Kier molecular flexibility index (Phi) is 7.52. The van der Waals surface area contributed by atoms with E-state index in [0.717, 1.165) is 16.9 Å². The summed E-state index contributed by atoms with van der Waals surface area (Å²) < 4.78 is 4.75. The maximum absolute atomic E-state index is 13.1. The molecule has 0 unspecified atom stereocenters. The lowest BCUT2D eigenvalue weighted by molar-refractivity contribution is -0.128. The molecule has 0 saturated carbocycles.